The van der Waals surface area contributed by atoms with E-state index < -0.39 is 0 Å². The fourth-order valence-electron chi connectivity index (χ4n) is 9.84. The zero-order valence-electron chi connectivity index (χ0n) is 27.4. The maximum atomic E-state index is 2.52. The van der Waals surface area contributed by atoms with E-state index in [9.17, 15) is 0 Å². The first-order valence-electron chi connectivity index (χ1n) is 17.8. The van der Waals surface area contributed by atoms with Gasteiger partial charge in [-0.15, -0.1) is 0 Å². The molecule has 0 nitrogen and oxygen atoms in total. The summed E-state index contributed by atoms with van der Waals surface area (Å²) in [6.45, 7) is 0. The standard InChI is InChI=1S/C50H26Se/c1-2-18-44-36(12-1)48-38(17-7-19-45(48)51-44)49-35-23-22-30-31(41(35)26-43-34-15-5-10-28-11-6-16-37(47(28)34)50(43)49)21-20-29-24-40-32-13-3-8-27-9-4-14-33(46(27)32)42(40)25-39(29)30/h1-26H. The zero-order valence-corrected chi connectivity index (χ0v) is 29.1. The summed E-state index contributed by atoms with van der Waals surface area (Å²) in [6.07, 6.45) is 0. The molecular weight excluding hydrogens is 680 g/mol. The molecule has 0 fully saturated rings. The molecule has 2 aliphatic rings. The van der Waals surface area contributed by atoms with Crippen molar-refractivity contribution < 1.29 is 0 Å². The van der Waals surface area contributed by atoms with Crippen LogP contribution in [0.3, 0.4) is 0 Å². The van der Waals surface area contributed by atoms with E-state index in [4.69, 9.17) is 0 Å². The number of benzene rings is 10. The number of hydrogen-bond acceptors (Lipinski definition) is 0. The van der Waals surface area contributed by atoms with Crippen molar-refractivity contribution in [2.45, 2.75) is 0 Å². The van der Waals surface area contributed by atoms with Crippen molar-refractivity contribution >= 4 is 87.7 Å². The molecule has 0 amide bonds. The third-order valence-electron chi connectivity index (χ3n) is 11.9. The van der Waals surface area contributed by atoms with E-state index in [0.717, 1.165) is 0 Å². The molecule has 0 saturated carbocycles. The quantitative estimate of drug-likeness (QED) is 0.118. The van der Waals surface area contributed by atoms with E-state index >= 15 is 0 Å². The minimum absolute atomic E-state index is 0.300. The van der Waals surface area contributed by atoms with Gasteiger partial charge in [0.15, 0.2) is 0 Å². The van der Waals surface area contributed by atoms with Crippen molar-refractivity contribution in [1.29, 1.82) is 0 Å². The molecule has 0 aliphatic heterocycles. The Labute approximate surface area is 299 Å². The van der Waals surface area contributed by atoms with Crippen molar-refractivity contribution in [3.05, 3.63) is 158 Å². The van der Waals surface area contributed by atoms with E-state index in [2.05, 4.69) is 158 Å². The van der Waals surface area contributed by atoms with Crippen LogP contribution in [0.1, 0.15) is 0 Å². The van der Waals surface area contributed by atoms with Gasteiger partial charge in [-0.25, -0.2) is 0 Å². The van der Waals surface area contributed by atoms with Crippen LogP contribution in [-0.2, 0) is 0 Å². The van der Waals surface area contributed by atoms with Crippen molar-refractivity contribution in [1.82, 2.24) is 0 Å². The maximum absolute atomic E-state index is 2.52. The topological polar surface area (TPSA) is 0 Å². The summed E-state index contributed by atoms with van der Waals surface area (Å²) in [5.74, 6) is 0. The molecule has 1 aromatic heterocycles. The monoisotopic (exact) mass is 706 g/mol. The van der Waals surface area contributed by atoms with E-state index in [1.165, 1.54) is 129 Å². The molecule has 11 aromatic rings. The first-order chi connectivity index (χ1) is 25.3. The molecule has 0 bridgehead atoms. The predicted molar refractivity (Wildman–Crippen MR) is 220 cm³/mol. The molecule has 0 N–H and O–H groups in total. The summed E-state index contributed by atoms with van der Waals surface area (Å²) in [7, 11) is 0. The van der Waals surface area contributed by atoms with Crippen molar-refractivity contribution in [2.24, 2.45) is 0 Å². The van der Waals surface area contributed by atoms with Gasteiger partial charge in [0.25, 0.3) is 0 Å². The molecule has 0 atom stereocenters. The SMILES string of the molecule is c1cc2c3c(cccc3c1)-c1cc3c(ccc4c5cc6c(c(-c7cccc8[se]c9ccccc9c78)c5ccc34)-c3cccc4cccc-6c34)cc1-2. The molecule has 0 saturated heterocycles. The Morgan fingerprint density at radius 2 is 0.804 bits per heavy atom. The van der Waals surface area contributed by atoms with E-state index in [0.29, 0.717) is 14.5 Å². The molecule has 1 heterocycles. The normalized spacial score (nSPS) is 12.7. The molecule has 0 spiro atoms. The van der Waals surface area contributed by atoms with Gasteiger partial charge in [-0.05, 0) is 16.3 Å². The van der Waals surface area contributed by atoms with Crippen LogP contribution in [0, 0.1) is 0 Å². The Kier molecular flexibility index (Phi) is 4.95. The molecule has 51 heavy (non-hydrogen) atoms. The summed E-state index contributed by atoms with van der Waals surface area (Å²) in [5, 5.41) is 16.1. The van der Waals surface area contributed by atoms with Gasteiger partial charge in [-0.2, -0.15) is 0 Å². The third kappa shape index (κ3) is 3.32. The third-order valence-corrected chi connectivity index (χ3v) is 14.3. The summed E-state index contributed by atoms with van der Waals surface area (Å²) in [4.78, 5) is 0. The number of rotatable bonds is 1. The Balaban J connectivity index is 1.18. The molecule has 13 rings (SSSR count). The van der Waals surface area contributed by atoms with Gasteiger partial charge in [-0.3, -0.25) is 0 Å². The number of hydrogen-bond donors (Lipinski definition) is 0. The second kappa shape index (κ2) is 9.42. The second-order valence-corrected chi connectivity index (χ2v) is 16.6. The van der Waals surface area contributed by atoms with Crippen LogP contribution in [-0.4, -0.2) is 14.5 Å². The molecular formula is C50H26Se. The van der Waals surface area contributed by atoms with Crippen LogP contribution in [0.5, 0.6) is 0 Å². The van der Waals surface area contributed by atoms with Crippen LogP contribution < -0.4 is 0 Å². The molecule has 10 aromatic carbocycles. The average Bonchev–Trinajstić information content (AvgIpc) is 3.83. The summed E-state index contributed by atoms with van der Waals surface area (Å²) < 4.78 is 2.97. The molecule has 2 aliphatic carbocycles. The van der Waals surface area contributed by atoms with Crippen LogP contribution in [0.15, 0.2) is 158 Å². The van der Waals surface area contributed by atoms with Crippen LogP contribution in [0.25, 0.3) is 129 Å². The van der Waals surface area contributed by atoms with Gasteiger partial charge >= 0.3 is 248 Å². The van der Waals surface area contributed by atoms with Crippen LogP contribution >= 0.6 is 0 Å². The van der Waals surface area contributed by atoms with Gasteiger partial charge in [0.2, 0.25) is 0 Å². The Hall–Kier alpha value is -5.98. The van der Waals surface area contributed by atoms with Crippen LogP contribution in [0.4, 0.5) is 0 Å². The van der Waals surface area contributed by atoms with Crippen LogP contribution in [0.2, 0.25) is 0 Å². The molecule has 1 heteroatoms. The summed E-state index contributed by atoms with van der Waals surface area (Å²) >= 11 is 0.300. The first kappa shape index (κ1) is 26.8. The van der Waals surface area contributed by atoms with E-state index in [1.54, 1.807) is 0 Å². The van der Waals surface area contributed by atoms with Gasteiger partial charge in [0.05, 0.1) is 0 Å². The fraction of sp³-hybridized carbons (Fsp3) is 0. The molecule has 0 radical (unpaired) electrons. The second-order valence-electron chi connectivity index (χ2n) is 14.3. The Morgan fingerprint density at radius 1 is 0.255 bits per heavy atom. The van der Waals surface area contributed by atoms with Crippen molar-refractivity contribution in [2.75, 3.05) is 0 Å². The molecule has 0 unspecified atom stereocenters. The van der Waals surface area contributed by atoms with Gasteiger partial charge < -0.3 is 0 Å². The molecule has 232 valence electrons. The Morgan fingerprint density at radius 3 is 1.59 bits per heavy atom. The van der Waals surface area contributed by atoms with Gasteiger partial charge in [0, 0.05) is 0 Å². The van der Waals surface area contributed by atoms with Gasteiger partial charge in [-0.1, -0.05) is 36.4 Å². The zero-order chi connectivity index (χ0) is 32.9. The van der Waals surface area contributed by atoms with E-state index in [-0.39, 0.29) is 0 Å². The van der Waals surface area contributed by atoms with Crippen molar-refractivity contribution in [3.63, 3.8) is 0 Å². The fourth-order valence-corrected chi connectivity index (χ4v) is 12.2. The first-order valence-corrected chi connectivity index (χ1v) is 19.5. The van der Waals surface area contributed by atoms with Gasteiger partial charge in [0.1, 0.15) is 0 Å². The predicted octanol–water partition coefficient (Wildman–Crippen LogP) is 13.8. The summed E-state index contributed by atoms with van der Waals surface area (Å²) in [5.41, 5.74) is 13.6. The summed E-state index contributed by atoms with van der Waals surface area (Å²) in [6, 6.07) is 60.3. The average molecular weight is 706 g/mol. The van der Waals surface area contributed by atoms with E-state index in [1.807, 2.05) is 0 Å². The minimum atomic E-state index is 0.300. The Bertz CT molecular complexity index is 3400. The van der Waals surface area contributed by atoms with Crippen molar-refractivity contribution in [3.8, 4) is 55.6 Å². The number of fused-ring (bicyclic) bond motifs is 14.